The van der Waals surface area contributed by atoms with E-state index in [9.17, 15) is 0 Å². The maximum Gasteiger partial charge on any atom is 0.137 e. The van der Waals surface area contributed by atoms with E-state index in [0.29, 0.717) is 0 Å². The summed E-state index contributed by atoms with van der Waals surface area (Å²) >= 11 is 0. The van der Waals surface area contributed by atoms with Gasteiger partial charge in [-0.3, -0.25) is 0 Å². The first kappa shape index (κ1) is 22.4. The summed E-state index contributed by atoms with van der Waals surface area (Å²) in [6.07, 6.45) is 0. The van der Waals surface area contributed by atoms with Crippen molar-refractivity contribution in [3.8, 4) is 44.9 Å². The van der Waals surface area contributed by atoms with Crippen LogP contribution in [-0.2, 0) is 0 Å². The van der Waals surface area contributed by atoms with E-state index in [1.165, 1.54) is 0 Å². The molecule has 0 fully saturated rings. The number of aromatic nitrogens is 4. The van der Waals surface area contributed by atoms with Gasteiger partial charge in [0.1, 0.15) is 22.6 Å². The van der Waals surface area contributed by atoms with Crippen molar-refractivity contribution in [2.45, 2.75) is 0 Å². The van der Waals surface area contributed by atoms with E-state index in [2.05, 4.69) is 99.3 Å². The molecule has 188 valence electrons. The number of furan rings is 1. The molecule has 0 unspecified atom stereocenters. The number of nitrogens with zero attached hydrogens (tertiary/aromatic N) is 3. The van der Waals surface area contributed by atoms with Crippen molar-refractivity contribution in [1.29, 1.82) is 0 Å². The van der Waals surface area contributed by atoms with Gasteiger partial charge in [-0.2, -0.15) is 0 Å². The fourth-order valence-electron chi connectivity index (χ4n) is 5.68. The Balaban J connectivity index is 1.44. The van der Waals surface area contributed by atoms with Crippen LogP contribution in [0.4, 0.5) is 0 Å². The molecular formula is C35H22N4O. The van der Waals surface area contributed by atoms with Crippen molar-refractivity contribution >= 4 is 32.8 Å². The summed E-state index contributed by atoms with van der Waals surface area (Å²) in [5, 5.41) is 16.7. The zero-order valence-electron chi connectivity index (χ0n) is 21.4. The number of benzene rings is 5. The Hall–Kier alpha value is -5.55. The van der Waals surface area contributed by atoms with E-state index < -0.39 is 0 Å². The summed E-state index contributed by atoms with van der Waals surface area (Å²) in [6.45, 7) is 0. The second kappa shape index (κ2) is 9.03. The van der Waals surface area contributed by atoms with E-state index >= 15 is 0 Å². The molecule has 0 aliphatic heterocycles. The number of nitrogens with one attached hydrogen (secondary N) is 1. The molecule has 3 heterocycles. The second-order valence-corrected chi connectivity index (χ2v) is 9.82. The number of aromatic amines is 1. The molecule has 0 radical (unpaired) electrons. The number of H-pyrrole nitrogens is 1. The van der Waals surface area contributed by atoms with Crippen LogP contribution >= 0.6 is 0 Å². The lowest BCUT2D eigenvalue weighted by Gasteiger charge is -2.16. The Morgan fingerprint density at radius 1 is 0.550 bits per heavy atom. The molecule has 0 amide bonds. The van der Waals surface area contributed by atoms with Gasteiger partial charge in [-0.15, -0.1) is 10.2 Å². The van der Waals surface area contributed by atoms with Gasteiger partial charge >= 0.3 is 0 Å². The summed E-state index contributed by atoms with van der Waals surface area (Å²) in [5.74, 6) is 0. The van der Waals surface area contributed by atoms with Crippen LogP contribution in [-0.4, -0.2) is 20.4 Å². The van der Waals surface area contributed by atoms with Gasteiger partial charge in [-0.1, -0.05) is 103 Å². The third-order valence-electron chi connectivity index (χ3n) is 7.48. The molecule has 0 saturated heterocycles. The van der Waals surface area contributed by atoms with Crippen LogP contribution in [0.15, 0.2) is 132 Å². The third-order valence-corrected chi connectivity index (χ3v) is 7.48. The van der Waals surface area contributed by atoms with E-state index in [1.807, 2.05) is 48.5 Å². The number of fused-ring (bicyclic) bond motifs is 5. The molecule has 3 aromatic heterocycles. The van der Waals surface area contributed by atoms with Crippen LogP contribution in [0.5, 0.6) is 0 Å². The molecule has 0 saturated carbocycles. The van der Waals surface area contributed by atoms with Crippen molar-refractivity contribution in [2.24, 2.45) is 0 Å². The van der Waals surface area contributed by atoms with E-state index in [0.717, 1.165) is 77.7 Å². The van der Waals surface area contributed by atoms with E-state index in [1.54, 1.807) is 0 Å². The van der Waals surface area contributed by atoms with Gasteiger partial charge in [0.15, 0.2) is 0 Å². The topological polar surface area (TPSA) is 67.6 Å². The highest BCUT2D eigenvalue weighted by atomic mass is 16.3. The summed E-state index contributed by atoms with van der Waals surface area (Å²) in [5.41, 5.74) is 10.3. The average Bonchev–Trinajstić information content (AvgIpc) is 3.63. The molecule has 40 heavy (non-hydrogen) atoms. The van der Waals surface area contributed by atoms with Crippen molar-refractivity contribution in [3.63, 3.8) is 0 Å². The van der Waals surface area contributed by atoms with Gasteiger partial charge < -0.3 is 9.40 Å². The van der Waals surface area contributed by atoms with Crippen LogP contribution in [0.2, 0.25) is 0 Å². The minimum atomic E-state index is 0.745. The Kier molecular flexibility index (Phi) is 5.07. The van der Waals surface area contributed by atoms with Gasteiger partial charge in [0, 0.05) is 21.9 Å². The minimum absolute atomic E-state index is 0.745. The van der Waals surface area contributed by atoms with Gasteiger partial charge in [-0.25, -0.2) is 0 Å². The first-order valence-electron chi connectivity index (χ1n) is 13.2. The van der Waals surface area contributed by atoms with Gasteiger partial charge in [-0.05, 0) is 46.2 Å². The highest BCUT2D eigenvalue weighted by Crippen LogP contribution is 2.43. The normalized spacial score (nSPS) is 11.5. The van der Waals surface area contributed by atoms with Crippen LogP contribution in [0, 0.1) is 0 Å². The molecule has 8 aromatic rings. The van der Waals surface area contributed by atoms with Gasteiger partial charge in [0.05, 0.1) is 16.6 Å². The van der Waals surface area contributed by atoms with Gasteiger partial charge in [0.2, 0.25) is 0 Å². The average molecular weight is 515 g/mol. The summed E-state index contributed by atoms with van der Waals surface area (Å²) < 4.78 is 6.15. The maximum absolute atomic E-state index is 6.15. The number of rotatable bonds is 4. The molecule has 0 bridgehead atoms. The monoisotopic (exact) mass is 514 g/mol. The van der Waals surface area contributed by atoms with Crippen molar-refractivity contribution in [3.05, 3.63) is 127 Å². The summed E-state index contributed by atoms with van der Waals surface area (Å²) in [4.78, 5) is 3.69. The first-order chi connectivity index (χ1) is 19.8. The van der Waals surface area contributed by atoms with Crippen molar-refractivity contribution < 1.29 is 4.42 Å². The first-order valence-corrected chi connectivity index (χ1v) is 13.2. The third kappa shape index (κ3) is 3.52. The molecule has 5 aromatic carbocycles. The highest BCUT2D eigenvalue weighted by Gasteiger charge is 2.22. The number of hydrogen-bond acceptors (Lipinski definition) is 4. The molecule has 8 rings (SSSR count). The van der Waals surface area contributed by atoms with E-state index in [4.69, 9.17) is 4.42 Å². The Morgan fingerprint density at radius 3 is 2.05 bits per heavy atom. The molecule has 5 nitrogen and oxygen atoms in total. The molecular weight excluding hydrogens is 492 g/mol. The standard InChI is InChI=1S/C35H22N4O/c1-3-11-22(12-4-1)25-15-7-8-16-26(25)32-34(23-13-5-2-6-14-23)37-39-38-35(32)28-21-24-19-20-30-31(33(24)36-28)27-17-9-10-18-29(27)40-30/h1-21,36H. The van der Waals surface area contributed by atoms with E-state index in [-0.39, 0.29) is 0 Å². The number of para-hydroxylation sites is 1. The molecule has 1 N–H and O–H groups in total. The van der Waals surface area contributed by atoms with Gasteiger partial charge in [0.25, 0.3) is 0 Å². The maximum atomic E-state index is 6.15. The highest BCUT2D eigenvalue weighted by molar-refractivity contribution is 6.18. The summed E-state index contributed by atoms with van der Waals surface area (Å²) in [7, 11) is 0. The largest absolute Gasteiger partial charge is 0.456 e. The zero-order chi connectivity index (χ0) is 26.5. The Labute approximate surface area is 229 Å². The SMILES string of the molecule is c1ccc(-c2ccccc2-c2c(-c3ccccc3)nnnc2-c2cc3ccc4oc5ccccc5c4c3[nH]2)cc1. The van der Waals surface area contributed by atoms with Crippen LogP contribution in [0.25, 0.3) is 77.7 Å². The predicted octanol–water partition coefficient (Wildman–Crippen LogP) is 8.92. The van der Waals surface area contributed by atoms with Crippen molar-refractivity contribution in [2.75, 3.05) is 0 Å². The van der Waals surface area contributed by atoms with Crippen LogP contribution in [0.1, 0.15) is 0 Å². The quantitative estimate of drug-likeness (QED) is 0.255. The molecule has 0 atom stereocenters. The molecule has 5 heteroatoms. The predicted molar refractivity (Wildman–Crippen MR) is 161 cm³/mol. The fourth-order valence-corrected chi connectivity index (χ4v) is 5.68. The van der Waals surface area contributed by atoms with Crippen molar-refractivity contribution in [1.82, 2.24) is 20.4 Å². The fraction of sp³-hybridized carbons (Fsp3) is 0. The lowest BCUT2D eigenvalue weighted by Crippen LogP contribution is -2.01. The van der Waals surface area contributed by atoms with Crippen LogP contribution < -0.4 is 0 Å². The molecule has 0 spiro atoms. The lowest BCUT2D eigenvalue weighted by molar-refractivity contribution is 0.669. The summed E-state index contributed by atoms with van der Waals surface area (Å²) in [6, 6.07) is 43.4. The zero-order valence-corrected chi connectivity index (χ0v) is 21.4. The molecule has 0 aliphatic rings. The second-order valence-electron chi connectivity index (χ2n) is 9.82. The number of hydrogen-bond donors (Lipinski definition) is 1. The Morgan fingerprint density at radius 2 is 1.23 bits per heavy atom. The lowest BCUT2D eigenvalue weighted by atomic mass is 9.90. The molecule has 0 aliphatic carbocycles. The smallest absolute Gasteiger partial charge is 0.137 e. The minimum Gasteiger partial charge on any atom is -0.456 e. The van der Waals surface area contributed by atoms with Crippen LogP contribution in [0.3, 0.4) is 0 Å². The Bertz CT molecular complexity index is 2160.